The summed E-state index contributed by atoms with van der Waals surface area (Å²) in [5, 5.41) is 1.53. The monoisotopic (exact) mass is 391 g/mol. The second-order valence-corrected chi connectivity index (χ2v) is 7.21. The highest BCUT2D eigenvalue weighted by Crippen LogP contribution is 2.20. The number of benzene rings is 1. The number of hydroxylamine groups is 2. The van der Waals surface area contributed by atoms with Crippen molar-refractivity contribution in [1.29, 1.82) is 0 Å². The normalized spacial score (nSPS) is 15.8. The molecular formula is C20H33N5O3. The minimum absolute atomic E-state index is 0.179. The lowest BCUT2D eigenvalue weighted by atomic mass is 10.1. The van der Waals surface area contributed by atoms with Gasteiger partial charge in [0.05, 0.1) is 20.3 Å². The first-order chi connectivity index (χ1) is 13.4. The number of nitrogens with two attached hydrogens (primary N) is 2. The van der Waals surface area contributed by atoms with Crippen molar-refractivity contribution in [3.8, 4) is 11.5 Å². The molecule has 0 fully saturated rings. The molecule has 1 aromatic carbocycles. The average molecular weight is 392 g/mol. The number of rotatable bonds is 12. The number of unbranched alkanes of at least 4 members (excludes halogenated alkanes) is 5. The minimum Gasteiger partial charge on any atom is -0.497 e. The van der Waals surface area contributed by atoms with Crippen LogP contribution in [0.5, 0.6) is 11.5 Å². The van der Waals surface area contributed by atoms with Gasteiger partial charge < -0.3 is 20.9 Å². The molecule has 8 heteroatoms. The van der Waals surface area contributed by atoms with Crippen LogP contribution in [0.2, 0.25) is 0 Å². The molecule has 0 saturated carbocycles. The quantitative estimate of drug-likeness (QED) is 0.530. The lowest BCUT2D eigenvalue weighted by molar-refractivity contribution is -0.157. The molecule has 0 aromatic heterocycles. The maximum atomic E-state index is 5.88. The van der Waals surface area contributed by atoms with Gasteiger partial charge >= 0.3 is 0 Å². The van der Waals surface area contributed by atoms with Crippen LogP contribution in [0.25, 0.3) is 0 Å². The van der Waals surface area contributed by atoms with Gasteiger partial charge in [0, 0.05) is 0 Å². The van der Waals surface area contributed by atoms with Gasteiger partial charge in [-0.1, -0.05) is 25.7 Å². The summed E-state index contributed by atoms with van der Waals surface area (Å²) in [6.07, 6.45) is 6.63. The van der Waals surface area contributed by atoms with Gasteiger partial charge in [-0.25, -0.2) is 4.99 Å². The molecule has 4 N–H and O–H groups in total. The van der Waals surface area contributed by atoms with Crippen LogP contribution in [0.3, 0.4) is 0 Å². The number of hydrogen-bond acceptors (Lipinski definition) is 8. The van der Waals surface area contributed by atoms with Crippen LogP contribution >= 0.6 is 0 Å². The van der Waals surface area contributed by atoms with E-state index in [1.807, 2.05) is 38.1 Å². The van der Waals surface area contributed by atoms with Gasteiger partial charge in [-0.2, -0.15) is 10.1 Å². The number of nitrogens with zero attached hydrogens (tertiary/aromatic N) is 3. The number of hydrogen-bond donors (Lipinski definition) is 2. The third-order valence-electron chi connectivity index (χ3n) is 4.41. The summed E-state index contributed by atoms with van der Waals surface area (Å²) in [7, 11) is 1.66. The van der Waals surface area contributed by atoms with Gasteiger partial charge in [0.2, 0.25) is 11.9 Å². The molecule has 0 unspecified atom stereocenters. The summed E-state index contributed by atoms with van der Waals surface area (Å²) in [4.78, 5) is 14.0. The summed E-state index contributed by atoms with van der Waals surface area (Å²) in [5.74, 6) is 2.15. The van der Waals surface area contributed by atoms with Crippen LogP contribution in [-0.4, -0.2) is 43.0 Å². The first-order valence-corrected chi connectivity index (χ1v) is 9.82. The molecule has 1 aromatic rings. The Morgan fingerprint density at radius 3 is 2.07 bits per heavy atom. The van der Waals surface area contributed by atoms with Gasteiger partial charge in [-0.3, -0.25) is 4.84 Å². The van der Waals surface area contributed by atoms with Gasteiger partial charge in [-0.15, -0.1) is 0 Å². The van der Waals surface area contributed by atoms with E-state index in [0.29, 0.717) is 6.61 Å². The lowest BCUT2D eigenvalue weighted by Crippen LogP contribution is -2.53. The van der Waals surface area contributed by atoms with Crippen LogP contribution in [0.15, 0.2) is 34.3 Å². The fourth-order valence-electron chi connectivity index (χ4n) is 2.95. The number of guanidine groups is 2. The molecule has 0 amide bonds. The molecular weight excluding hydrogens is 358 g/mol. The Balaban J connectivity index is 1.48. The first-order valence-electron chi connectivity index (χ1n) is 9.82. The molecule has 0 atom stereocenters. The van der Waals surface area contributed by atoms with Crippen molar-refractivity contribution >= 4 is 11.9 Å². The molecule has 2 rings (SSSR count). The highest BCUT2D eigenvalue weighted by atomic mass is 16.7. The van der Waals surface area contributed by atoms with Crippen molar-refractivity contribution in [3.05, 3.63) is 24.3 Å². The smallest absolute Gasteiger partial charge is 0.226 e. The van der Waals surface area contributed by atoms with Crippen LogP contribution in [0, 0.1) is 0 Å². The number of ether oxygens (including phenoxy) is 2. The fraction of sp³-hybridized carbons (Fsp3) is 0.600. The Labute approximate surface area is 167 Å². The third kappa shape index (κ3) is 6.92. The van der Waals surface area contributed by atoms with E-state index in [9.17, 15) is 0 Å². The highest BCUT2D eigenvalue weighted by Gasteiger charge is 2.32. The van der Waals surface area contributed by atoms with E-state index >= 15 is 0 Å². The molecule has 1 aliphatic rings. The van der Waals surface area contributed by atoms with E-state index in [1.54, 1.807) is 7.11 Å². The van der Waals surface area contributed by atoms with Gasteiger partial charge in [0.25, 0.3) is 0 Å². The van der Waals surface area contributed by atoms with Crippen LogP contribution in [0.4, 0.5) is 0 Å². The predicted octanol–water partition coefficient (Wildman–Crippen LogP) is 3.03. The predicted molar refractivity (Wildman–Crippen MR) is 111 cm³/mol. The number of aliphatic imine (C=N–C) groups is 2. The topological polar surface area (TPSA) is 108 Å². The summed E-state index contributed by atoms with van der Waals surface area (Å²) in [5.41, 5.74) is 10.9. The lowest BCUT2D eigenvalue weighted by Gasteiger charge is -2.36. The molecule has 156 valence electrons. The van der Waals surface area contributed by atoms with Crippen molar-refractivity contribution in [2.45, 2.75) is 58.0 Å². The molecule has 0 radical (unpaired) electrons. The maximum absolute atomic E-state index is 5.88. The summed E-state index contributed by atoms with van der Waals surface area (Å²) >= 11 is 0. The first kappa shape index (κ1) is 21.8. The largest absolute Gasteiger partial charge is 0.497 e. The highest BCUT2D eigenvalue weighted by molar-refractivity contribution is 5.95. The standard InChI is InChI=1S/C20H33N5O3/c1-20(2)24-18(21)23-19(22)25(20)28-15-9-7-5-4-6-8-14-27-17-12-10-16(26-3)11-13-17/h10-13H,4-9,14-15H2,1-3H3,(H4,21,22,23,24). The molecule has 28 heavy (non-hydrogen) atoms. The van der Waals surface area contributed by atoms with E-state index in [2.05, 4.69) is 9.98 Å². The van der Waals surface area contributed by atoms with E-state index in [1.165, 1.54) is 17.9 Å². The van der Waals surface area contributed by atoms with Crippen LogP contribution in [-0.2, 0) is 4.84 Å². The Morgan fingerprint density at radius 1 is 0.893 bits per heavy atom. The fourth-order valence-corrected chi connectivity index (χ4v) is 2.95. The van der Waals surface area contributed by atoms with Crippen LogP contribution < -0.4 is 20.9 Å². The second-order valence-electron chi connectivity index (χ2n) is 7.21. The molecule has 0 aliphatic carbocycles. The van der Waals surface area contributed by atoms with Gasteiger partial charge in [0.15, 0.2) is 5.66 Å². The van der Waals surface area contributed by atoms with Crippen molar-refractivity contribution < 1.29 is 14.3 Å². The summed E-state index contributed by atoms with van der Waals surface area (Å²) in [6, 6.07) is 7.67. The second kappa shape index (κ2) is 10.8. The van der Waals surface area contributed by atoms with Gasteiger partial charge in [0.1, 0.15) is 11.5 Å². The Kier molecular flexibility index (Phi) is 8.38. The van der Waals surface area contributed by atoms with E-state index in [0.717, 1.165) is 43.8 Å². The Morgan fingerprint density at radius 2 is 1.46 bits per heavy atom. The summed E-state index contributed by atoms with van der Waals surface area (Å²) in [6.45, 7) is 5.09. The zero-order chi connectivity index (χ0) is 20.4. The van der Waals surface area contributed by atoms with Gasteiger partial charge in [-0.05, 0) is 51.0 Å². The summed E-state index contributed by atoms with van der Waals surface area (Å²) < 4.78 is 10.9. The Hall–Kier alpha value is -2.48. The van der Waals surface area contributed by atoms with E-state index < -0.39 is 5.66 Å². The SMILES string of the molecule is COc1ccc(OCCCCCCCCON2C(N)=NC(N)=NC2(C)C)cc1. The van der Waals surface area contributed by atoms with Crippen molar-refractivity contribution in [2.75, 3.05) is 20.3 Å². The zero-order valence-corrected chi connectivity index (χ0v) is 17.2. The molecule has 0 bridgehead atoms. The maximum Gasteiger partial charge on any atom is 0.226 e. The molecule has 1 heterocycles. The van der Waals surface area contributed by atoms with E-state index in [4.69, 9.17) is 25.8 Å². The zero-order valence-electron chi connectivity index (χ0n) is 17.2. The van der Waals surface area contributed by atoms with E-state index in [-0.39, 0.29) is 11.9 Å². The molecule has 1 aliphatic heterocycles. The number of methoxy groups -OCH3 is 1. The molecule has 8 nitrogen and oxygen atoms in total. The minimum atomic E-state index is -0.639. The average Bonchev–Trinajstić information content (AvgIpc) is 2.64. The molecule has 0 saturated heterocycles. The molecule has 0 spiro atoms. The third-order valence-corrected chi connectivity index (χ3v) is 4.41. The Bertz CT molecular complexity index is 658. The van der Waals surface area contributed by atoms with Crippen LogP contribution in [0.1, 0.15) is 52.4 Å². The van der Waals surface area contributed by atoms with Crippen molar-refractivity contribution in [1.82, 2.24) is 5.06 Å². The van der Waals surface area contributed by atoms with Crippen molar-refractivity contribution in [3.63, 3.8) is 0 Å². The van der Waals surface area contributed by atoms with Crippen molar-refractivity contribution in [2.24, 2.45) is 21.5 Å².